The molecule has 0 spiro atoms. The highest BCUT2D eigenvalue weighted by Gasteiger charge is 2.60. The Balaban J connectivity index is 2.64. The van der Waals surface area contributed by atoms with Gasteiger partial charge in [0.1, 0.15) is 0 Å². The predicted molar refractivity (Wildman–Crippen MR) is 51.3 cm³/mol. The van der Waals surface area contributed by atoms with Crippen LogP contribution in [0.15, 0.2) is 0 Å². The second kappa shape index (κ2) is 4.50. The second-order valence-electron chi connectivity index (χ2n) is 4.08. The van der Waals surface area contributed by atoms with Crippen LogP contribution in [0, 0.1) is 5.92 Å². The first-order chi connectivity index (χ1) is 8.20. The molecular weight excluding hydrogens is 326 g/mol. The fraction of sp³-hybridized carbons (Fsp3) is 1.00. The maximum absolute atomic E-state index is 12.1. The molecule has 0 aromatic rings. The van der Waals surface area contributed by atoms with Gasteiger partial charge in [-0.05, 0) is 18.8 Å². The van der Waals surface area contributed by atoms with Gasteiger partial charge >= 0.3 is 11.0 Å². The van der Waals surface area contributed by atoms with E-state index in [4.69, 9.17) is 0 Å². The number of hydrogen-bond donors (Lipinski definition) is 0. The van der Waals surface area contributed by atoms with E-state index in [9.17, 15) is 43.2 Å². The summed E-state index contributed by atoms with van der Waals surface area (Å²) < 4.78 is 115. The van der Waals surface area contributed by atoms with Crippen molar-refractivity contribution in [3.8, 4) is 0 Å². The molecule has 12 heteroatoms. The first kappa shape index (κ1) is 16.5. The molecule has 1 rings (SSSR count). The highest BCUT2D eigenvalue weighted by molar-refractivity contribution is 7.93. The minimum atomic E-state index is -5.49. The Morgan fingerprint density at radius 1 is 0.895 bits per heavy atom. The molecule has 0 aromatic carbocycles. The molecule has 0 radical (unpaired) electrons. The fourth-order valence-corrected chi connectivity index (χ4v) is 3.83. The standard InChI is InChI=1S/C7H8F6O4S2/c8-6(9,10)18(14,15)2-1-4-3-5(4)19(16,17)7(11,12)13/h4-5H,1-3H2. The molecule has 0 N–H and O–H groups in total. The molecule has 1 aliphatic carbocycles. The van der Waals surface area contributed by atoms with Crippen LogP contribution < -0.4 is 0 Å². The van der Waals surface area contributed by atoms with Crippen molar-refractivity contribution in [1.82, 2.24) is 0 Å². The lowest BCUT2D eigenvalue weighted by molar-refractivity contribution is -0.0446. The molecule has 0 saturated heterocycles. The molecule has 0 amide bonds. The molecule has 0 aromatic heterocycles. The molecule has 0 heterocycles. The van der Waals surface area contributed by atoms with E-state index in [-0.39, 0.29) is 0 Å². The first-order valence-corrected chi connectivity index (χ1v) is 7.99. The van der Waals surface area contributed by atoms with Gasteiger partial charge in [0.05, 0.1) is 11.0 Å². The van der Waals surface area contributed by atoms with E-state index in [0.717, 1.165) is 0 Å². The van der Waals surface area contributed by atoms with Gasteiger partial charge in [0.2, 0.25) is 9.84 Å². The molecule has 114 valence electrons. The average Bonchev–Trinajstić information content (AvgIpc) is 2.90. The highest BCUT2D eigenvalue weighted by Crippen LogP contribution is 2.46. The quantitative estimate of drug-likeness (QED) is 0.733. The van der Waals surface area contributed by atoms with E-state index in [1.807, 2.05) is 0 Å². The summed E-state index contributed by atoms with van der Waals surface area (Å²) in [7, 11) is -10.9. The number of rotatable bonds is 4. The van der Waals surface area contributed by atoms with Crippen molar-refractivity contribution in [2.75, 3.05) is 5.75 Å². The molecule has 2 unspecified atom stereocenters. The third kappa shape index (κ3) is 3.33. The topological polar surface area (TPSA) is 68.3 Å². The summed E-state index contributed by atoms with van der Waals surface area (Å²) in [5, 5.41) is -1.84. The maximum atomic E-state index is 12.1. The average molecular weight is 334 g/mol. The zero-order chi connectivity index (χ0) is 15.3. The van der Waals surface area contributed by atoms with Gasteiger partial charge in [0, 0.05) is 0 Å². The van der Waals surface area contributed by atoms with Crippen LogP contribution in [0.3, 0.4) is 0 Å². The van der Waals surface area contributed by atoms with Crippen LogP contribution in [0.4, 0.5) is 26.3 Å². The Kier molecular flexibility index (Phi) is 3.92. The SMILES string of the molecule is O=S(=O)(CCC1CC1S(=O)(=O)C(F)(F)F)C(F)(F)F. The van der Waals surface area contributed by atoms with E-state index in [2.05, 4.69) is 0 Å². The van der Waals surface area contributed by atoms with Crippen LogP contribution in [-0.4, -0.2) is 38.9 Å². The zero-order valence-electron chi connectivity index (χ0n) is 8.99. The third-order valence-electron chi connectivity index (χ3n) is 2.69. The largest absolute Gasteiger partial charge is 0.497 e. The Morgan fingerprint density at radius 3 is 1.74 bits per heavy atom. The molecule has 2 atom stereocenters. The summed E-state index contributed by atoms with van der Waals surface area (Å²) in [6, 6.07) is 0. The normalized spacial score (nSPS) is 25.4. The van der Waals surface area contributed by atoms with E-state index < -0.39 is 60.5 Å². The molecule has 1 aliphatic rings. The van der Waals surface area contributed by atoms with E-state index >= 15 is 0 Å². The Hall–Kier alpha value is -0.520. The van der Waals surface area contributed by atoms with Crippen molar-refractivity contribution in [3.05, 3.63) is 0 Å². The molecule has 4 nitrogen and oxygen atoms in total. The minimum Gasteiger partial charge on any atom is -0.220 e. The lowest BCUT2D eigenvalue weighted by Gasteiger charge is -2.09. The van der Waals surface area contributed by atoms with Crippen LogP contribution in [0.2, 0.25) is 0 Å². The molecule has 1 fully saturated rings. The summed E-state index contributed by atoms with van der Waals surface area (Å²) in [6.07, 6.45) is -1.24. The summed E-state index contributed by atoms with van der Waals surface area (Å²) in [6.45, 7) is 0. The lowest BCUT2D eigenvalue weighted by atomic mass is 10.3. The van der Waals surface area contributed by atoms with Crippen molar-refractivity contribution >= 4 is 19.7 Å². The van der Waals surface area contributed by atoms with Crippen molar-refractivity contribution in [2.45, 2.75) is 29.1 Å². The summed E-state index contributed by atoms with van der Waals surface area (Å²) in [5.41, 5.74) is -11.0. The van der Waals surface area contributed by atoms with Gasteiger partial charge < -0.3 is 0 Å². The van der Waals surface area contributed by atoms with Gasteiger partial charge in [-0.25, -0.2) is 16.8 Å². The van der Waals surface area contributed by atoms with Gasteiger partial charge in [-0.2, -0.15) is 26.3 Å². The van der Waals surface area contributed by atoms with Crippen molar-refractivity contribution in [3.63, 3.8) is 0 Å². The van der Waals surface area contributed by atoms with Gasteiger partial charge in [-0.3, -0.25) is 0 Å². The van der Waals surface area contributed by atoms with Crippen molar-refractivity contribution in [1.29, 1.82) is 0 Å². The number of hydrogen-bond acceptors (Lipinski definition) is 4. The predicted octanol–water partition coefficient (Wildman–Crippen LogP) is 1.63. The molecule has 0 aliphatic heterocycles. The fourth-order valence-electron chi connectivity index (χ4n) is 1.50. The Morgan fingerprint density at radius 2 is 1.37 bits per heavy atom. The molecule has 1 saturated carbocycles. The van der Waals surface area contributed by atoms with Crippen molar-refractivity contribution in [2.24, 2.45) is 5.92 Å². The number of halogens is 6. The molecule has 19 heavy (non-hydrogen) atoms. The summed E-state index contributed by atoms with van der Waals surface area (Å²) in [4.78, 5) is 0. The summed E-state index contributed by atoms with van der Waals surface area (Å²) in [5.74, 6) is -2.62. The lowest BCUT2D eigenvalue weighted by Crippen LogP contribution is -2.29. The van der Waals surface area contributed by atoms with Crippen LogP contribution in [0.25, 0.3) is 0 Å². The van der Waals surface area contributed by atoms with Gasteiger partial charge in [-0.1, -0.05) is 0 Å². The number of alkyl halides is 6. The third-order valence-corrected chi connectivity index (χ3v) is 6.19. The molecule has 0 bridgehead atoms. The van der Waals surface area contributed by atoms with Gasteiger partial charge in [0.15, 0.2) is 0 Å². The van der Waals surface area contributed by atoms with E-state index in [1.54, 1.807) is 0 Å². The first-order valence-electron chi connectivity index (χ1n) is 4.79. The molecular formula is C7H8F6O4S2. The Bertz CT molecular complexity index is 543. The monoisotopic (exact) mass is 334 g/mol. The minimum absolute atomic E-state index is 0.477. The smallest absolute Gasteiger partial charge is 0.220 e. The highest BCUT2D eigenvalue weighted by atomic mass is 32.2. The van der Waals surface area contributed by atoms with Crippen LogP contribution >= 0.6 is 0 Å². The van der Waals surface area contributed by atoms with Crippen LogP contribution in [0.1, 0.15) is 12.8 Å². The van der Waals surface area contributed by atoms with Gasteiger partial charge in [0.25, 0.3) is 9.84 Å². The van der Waals surface area contributed by atoms with Crippen LogP contribution in [0.5, 0.6) is 0 Å². The van der Waals surface area contributed by atoms with Crippen molar-refractivity contribution < 1.29 is 43.2 Å². The Labute approximate surface area is 104 Å². The maximum Gasteiger partial charge on any atom is 0.497 e. The van der Waals surface area contributed by atoms with E-state index in [0.29, 0.717) is 0 Å². The summed E-state index contributed by atoms with van der Waals surface area (Å²) >= 11 is 0. The second-order valence-corrected chi connectivity index (χ2v) is 8.34. The van der Waals surface area contributed by atoms with E-state index in [1.165, 1.54) is 0 Å². The zero-order valence-corrected chi connectivity index (χ0v) is 10.6. The number of sulfone groups is 2. The van der Waals surface area contributed by atoms with Crippen LogP contribution in [-0.2, 0) is 19.7 Å². The van der Waals surface area contributed by atoms with Gasteiger partial charge in [-0.15, -0.1) is 0 Å².